The van der Waals surface area contributed by atoms with Crippen molar-refractivity contribution in [2.75, 3.05) is 6.54 Å². The predicted octanol–water partition coefficient (Wildman–Crippen LogP) is 5.89. The largest absolute Gasteiger partial charge is 0.314 e. The second-order valence-electron chi connectivity index (χ2n) is 8.71. The van der Waals surface area contributed by atoms with E-state index in [1.165, 1.54) is 51.4 Å². The summed E-state index contributed by atoms with van der Waals surface area (Å²) in [6.45, 7) is 13.4. The monoisotopic (exact) mass is 307 g/mol. The van der Waals surface area contributed by atoms with Crippen molar-refractivity contribution in [3.8, 4) is 0 Å². The topological polar surface area (TPSA) is 12.0 Å². The van der Waals surface area contributed by atoms with Gasteiger partial charge >= 0.3 is 0 Å². The van der Waals surface area contributed by atoms with Crippen molar-refractivity contribution < 1.29 is 0 Å². The molecule has 0 spiro atoms. The average molecular weight is 308 g/mol. The lowest BCUT2D eigenvalue weighted by molar-refractivity contribution is 0.0784. The predicted molar refractivity (Wildman–Crippen MR) is 98.0 cm³/mol. The molecule has 1 N–H and O–H groups in total. The van der Waals surface area contributed by atoms with E-state index in [-0.39, 0.29) is 0 Å². The van der Waals surface area contributed by atoms with E-state index in [0.717, 1.165) is 48.1 Å². The van der Waals surface area contributed by atoms with Crippen LogP contribution in [0.5, 0.6) is 0 Å². The fourth-order valence-electron chi connectivity index (χ4n) is 5.97. The quantitative estimate of drug-likeness (QED) is 0.645. The molecule has 1 heteroatoms. The van der Waals surface area contributed by atoms with E-state index in [4.69, 9.17) is 0 Å². The third kappa shape index (κ3) is 4.49. The van der Waals surface area contributed by atoms with E-state index in [9.17, 15) is 0 Å². The van der Waals surface area contributed by atoms with Gasteiger partial charge in [0.2, 0.25) is 0 Å². The highest BCUT2D eigenvalue weighted by atomic mass is 14.9. The molecular weight excluding hydrogens is 266 g/mol. The van der Waals surface area contributed by atoms with Gasteiger partial charge in [-0.15, -0.1) is 0 Å². The normalized spacial score (nSPS) is 41.3. The van der Waals surface area contributed by atoms with Gasteiger partial charge < -0.3 is 5.32 Å². The molecule has 0 radical (unpaired) electrons. The summed E-state index contributed by atoms with van der Waals surface area (Å²) < 4.78 is 0. The Morgan fingerprint density at radius 1 is 0.955 bits per heavy atom. The smallest absolute Gasteiger partial charge is 0.00978 e. The Kier molecular flexibility index (Phi) is 7.25. The molecule has 0 aromatic heterocycles. The minimum Gasteiger partial charge on any atom is -0.314 e. The van der Waals surface area contributed by atoms with Crippen molar-refractivity contribution in [2.45, 2.75) is 92.0 Å². The molecule has 130 valence electrons. The number of nitrogens with one attached hydrogen (secondary N) is 1. The molecule has 0 aliphatic heterocycles. The van der Waals surface area contributed by atoms with E-state index in [1.807, 2.05) is 0 Å². The first-order chi connectivity index (χ1) is 10.6. The van der Waals surface area contributed by atoms with E-state index in [0.29, 0.717) is 0 Å². The summed E-state index contributed by atoms with van der Waals surface area (Å²) in [6.07, 6.45) is 11.6. The molecule has 0 saturated heterocycles. The maximum absolute atomic E-state index is 3.82. The van der Waals surface area contributed by atoms with Crippen LogP contribution < -0.4 is 5.32 Å². The molecule has 0 aromatic carbocycles. The van der Waals surface area contributed by atoms with Crippen molar-refractivity contribution in [3.63, 3.8) is 0 Å². The zero-order valence-corrected chi connectivity index (χ0v) is 15.9. The molecule has 5 unspecified atom stereocenters. The minimum absolute atomic E-state index is 0.803. The van der Waals surface area contributed by atoms with Crippen molar-refractivity contribution in [1.29, 1.82) is 0 Å². The number of hydrogen-bond donors (Lipinski definition) is 1. The first-order valence-electron chi connectivity index (χ1n) is 10.3. The molecule has 2 aliphatic carbocycles. The minimum atomic E-state index is 0.803. The maximum atomic E-state index is 3.82. The fourth-order valence-corrected chi connectivity index (χ4v) is 5.97. The second kappa shape index (κ2) is 8.71. The van der Waals surface area contributed by atoms with Gasteiger partial charge in [-0.05, 0) is 74.2 Å². The summed E-state index contributed by atoms with van der Waals surface area (Å²) in [5.41, 5.74) is 0. The van der Waals surface area contributed by atoms with Crippen LogP contribution in [0, 0.1) is 35.5 Å². The first kappa shape index (κ1) is 18.3. The van der Waals surface area contributed by atoms with Crippen molar-refractivity contribution in [3.05, 3.63) is 0 Å². The Bertz CT molecular complexity index is 299. The molecule has 2 saturated carbocycles. The van der Waals surface area contributed by atoms with Gasteiger partial charge in [0.15, 0.2) is 0 Å². The van der Waals surface area contributed by atoms with E-state index < -0.39 is 0 Å². The second-order valence-corrected chi connectivity index (χ2v) is 8.71. The molecule has 1 nitrogen and oxygen atoms in total. The van der Waals surface area contributed by atoms with Crippen LogP contribution in [-0.4, -0.2) is 12.6 Å². The van der Waals surface area contributed by atoms with Crippen molar-refractivity contribution in [2.24, 2.45) is 35.5 Å². The van der Waals surface area contributed by atoms with Gasteiger partial charge in [0.25, 0.3) is 0 Å². The van der Waals surface area contributed by atoms with E-state index >= 15 is 0 Å². The molecule has 2 fully saturated rings. The molecular formula is C21H41N. The molecule has 0 bridgehead atoms. The summed E-state index contributed by atoms with van der Waals surface area (Å²) in [4.78, 5) is 0. The average Bonchev–Trinajstić information content (AvgIpc) is 2.48. The van der Waals surface area contributed by atoms with Crippen LogP contribution in [0.4, 0.5) is 0 Å². The lowest BCUT2D eigenvalue weighted by atomic mass is 9.63. The highest BCUT2D eigenvalue weighted by Gasteiger charge is 2.36. The summed E-state index contributed by atoms with van der Waals surface area (Å²) in [5, 5.41) is 3.82. The third-order valence-electron chi connectivity index (χ3n) is 7.00. The molecule has 0 aromatic rings. The van der Waals surface area contributed by atoms with Gasteiger partial charge in [0, 0.05) is 6.04 Å². The van der Waals surface area contributed by atoms with Crippen LogP contribution in [0.1, 0.15) is 86.0 Å². The van der Waals surface area contributed by atoms with Gasteiger partial charge in [0.1, 0.15) is 0 Å². The Morgan fingerprint density at radius 3 is 2.18 bits per heavy atom. The summed E-state index contributed by atoms with van der Waals surface area (Å²) in [5.74, 6) is 5.70. The fraction of sp³-hybridized carbons (Fsp3) is 1.00. The SMILES string of the molecule is CCNC1CCCCC1C(CC)CC1C(C)CC(C)CC1C. The Balaban J connectivity index is 2.00. The molecule has 2 aliphatic rings. The molecule has 0 amide bonds. The van der Waals surface area contributed by atoms with Gasteiger partial charge in [-0.25, -0.2) is 0 Å². The van der Waals surface area contributed by atoms with Crippen LogP contribution in [0.25, 0.3) is 0 Å². The van der Waals surface area contributed by atoms with Gasteiger partial charge in [-0.3, -0.25) is 0 Å². The number of hydrogen-bond acceptors (Lipinski definition) is 1. The zero-order valence-electron chi connectivity index (χ0n) is 15.9. The molecule has 2 rings (SSSR count). The Hall–Kier alpha value is -0.0400. The van der Waals surface area contributed by atoms with E-state index in [2.05, 4.69) is 39.9 Å². The van der Waals surface area contributed by atoms with E-state index in [1.54, 1.807) is 0 Å². The van der Waals surface area contributed by atoms with Crippen LogP contribution >= 0.6 is 0 Å². The number of rotatable bonds is 6. The highest BCUT2D eigenvalue weighted by Crippen LogP contribution is 2.44. The van der Waals surface area contributed by atoms with Crippen LogP contribution in [-0.2, 0) is 0 Å². The van der Waals surface area contributed by atoms with Gasteiger partial charge in [0.05, 0.1) is 0 Å². The zero-order chi connectivity index (χ0) is 16.1. The van der Waals surface area contributed by atoms with Crippen LogP contribution in [0.3, 0.4) is 0 Å². The maximum Gasteiger partial charge on any atom is 0.00978 e. The Labute approximate surface area is 140 Å². The van der Waals surface area contributed by atoms with Crippen LogP contribution in [0.15, 0.2) is 0 Å². The molecule has 22 heavy (non-hydrogen) atoms. The summed E-state index contributed by atoms with van der Waals surface area (Å²) in [6, 6.07) is 0.803. The molecule has 0 heterocycles. The highest BCUT2D eigenvalue weighted by molar-refractivity contribution is 4.89. The summed E-state index contributed by atoms with van der Waals surface area (Å²) >= 11 is 0. The standard InChI is InChI=1S/C21H41N/c1-6-18(19-10-8-9-11-21(19)22-7-2)14-20-16(4)12-15(3)13-17(20)5/h15-22H,6-14H2,1-5H3. The first-order valence-corrected chi connectivity index (χ1v) is 10.3. The molecule has 5 atom stereocenters. The Morgan fingerprint density at radius 2 is 1.59 bits per heavy atom. The van der Waals surface area contributed by atoms with Crippen molar-refractivity contribution >= 4 is 0 Å². The lowest BCUT2D eigenvalue weighted by Gasteiger charge is -2.43. The lowest BCUT2D eigenvalue weighted by Crippen LogP contribution is -2.43. The van der Waals surface area contributed by atoms with Gasteiger partial charge in [-0.1, -0.05) is 53.9 Å². The third-order valence-corrected chi connectivity index (χ3v) is 7.00. The van der Waals surface area contributed by atoms with Gasteiger partial charge in [-0.2, -0.15) is 0 Å². The van der Waals surface area contributed by atoms with Crippen LogP contribution in [0.2, 0.25) is 0 Å². The summed E-state index contributed by atoms with van der Waals surface area (Å²) in [7, 11) is 0. The van der Waals surface area contributed by atoms with Crippen molar-refractivity contribution in [1.82, 2.24) is 5.32 Å².